The Bertz CT molecular complexity index is 419. The first kappa shape index (κ1) is 12.8. The summed E-state index contributed by atoms with van der Waals surface area (Å²) in [6.45, 7) is 0. The molecule has 92 valence electrons. The quantitative estimate of drug-likeness (QED) is 0.899. The van der Waals surface area contributed by atoms with E-state index < -0.39 is 11.5 Å². The van der Waals surface area contributed by atoms with Gasteiger partial charge in [-0.2, -0.15) is 11.8 Å². The minimum absolute atomic E-state index is 0.661. The van der Waals surface area contributed by atoms with Crippen molar-refractivity contribution in [2.75, 3.05) is 16.8 Å². The van der Waals surface area contributed by atoms with E-state index in [2.05, 4.69) is 21.2 Å². The van der Waals surface area contributed by atoms with Crippen molar-refractivity contribution >= 4 is 39.3 Å². The predicted molar refractivity (Wildman–Crippen MR) is 74.7 cm³/mol. The van der Waals surface area contributed by atoms with Crippen LogP contribution in [0.3, 0.4) is 0 Å². The third-order valence-corrected chi connectivity index (χ3v) is 4.68. The number of anilines is 1. The van der Waals surface area contributed by atoms with E-state index in [0.717, 1.165) is 21.7 Å². The number of thioether (sulfide) groups is 1. The zero-order valence-corrected chi connectivity index (χ0v) is 11.7. The zero-order valence-electron chi connectivity index (χ0n) is 9.28. The van der Waals surface area contributed by atoms with Crippen LogP contribution in [-0.2, 0) is 4.79 Å². The number of carboxylic acid groups (broad SMARTS) is 1. The van der Waals surface area contributed by atoms with Gasteiger partial charge in [0, 0.05) is 10.2 Å². The lowest BCUT2D eigenvalue weighted by Gasteiger charge is -2.34. The molecule has 1 aromatic rings. The van der Waals surface area contributed by atoms with Crippen molar-refractivity contribution in [2.45, 2.75) is 18.4 Å². The second-order valence-electron chi connectivity index (χ2n) is 4.10. The Kier molecular flexibility index (Phi) is 3.99. The van der Waals surface area contributed by atoms with Crippen molar-refractivity contribution in [1.82, 2.24) is 0 Å². The zero-order chi connectivity index (χ0) is 12.3. The number of para-hydroxylation sites is 1. The highest BCUT2D eigenvalue weighted by atomic mass is 79.9. The van der Waals surface area contributed by atoms with E-state index in [0.29, 0.717) is 12.8 Å². The Morgan fingerprint density at radius 3 is 2.59 bits per heavy atom. The molecule has 1 saturated heterocycles. The molecule has 0 radical (unpaired) electrons. The molecule has 3 nitrogen and oxygen atoms in total. The molecule has 1 aliphatic heterocycles. The first-order valence-corrected chi connectivity index (χ1v) is 7.43. The number of rotatable bonds is 3. The fourth-order valence-corrected chi connectivity index (χ4v) is 3.51. The fourth-order valence-electron chi connectivity index (χ4n) is 1.93. The number of nitrogens with one attached hydrogen (secondary N) is 1. The summed E-state index contributed by atoms with van der Waals surface area (Å²) in [6, 6.07) is 7.63. The van der Waals surface area contributed by atoms with Crippen LogP contribution in [0.4, 0.5) is 5.69 Å². The van der Waals surface area contributed by atoms with E-state index in [1.807, 2.05) is 36.0 Å². The Labute approximate surface area is 113 Å². The summed E-state index contributed by atoms with van der Waals surface area (Å²) in [6.07, 6.45) is 1.32. The van der Waals surface area contributed by atoms with Crippen LogP contribution >= 0.6 is 27.7 Å². The summed E-state index contributed by atoms with van der Waals surface area (Å²) in [7, 11) is 0. The molecule has 0 aromatic heterocycles. The van der Waals surface area contributed by atoms with Gasteiger partial charge in [0.25, 0.3) is 0 Å². The molecule has 0 saturated carbocycles. The minimum atomic E-state index is -0.810. The van der Waals surface area contributed by atoms with E-state index in [1.54, 1.807) is 0 Å². The average molecular weight is 316 g/mol. The van der Waals surface area contributed by atoms with Gasteiger partial charge >= 0.3 is 5.97 Å². The molecule has 0 bridgehead atoms. The third kappa shape index (κ3) is 2.77. The van der Waals surface area contributed by atoms with E-state index in [9.17, 15) is 9.90 Å². The summed E-state index contributed by atoms with van der Waals surface area (Å²) in [4.78, 5) is 11.5. The summed E-state index contributed by atoms with van der Waals surface area (Å²) in [5.74, 6) is 1.03. The van der Waals surface area contributed by atoms with Crippen LogP contribution < -0.4 is 5.32 Å². The van der Waals surface area contributed by atoms with Gasteiger partial charge in [-0.1, -0.05) is 12.1 Å². The van der Waals surface area contributed by atoms with Gasteiger partial charge in [0.15, 0.2) is 0 Å². The van der Waals surface area contributed by atoms with Crippen LogP contribution in [0.2, 0.25) is 0 Å². The highest BCUT2D eigenvalue weighted by Gasteiger charge is 2.40. The number of hydrogen-bond donors (Lipinski definition) is 2. The van der Waals surface area contributed by atoms with E-state index in [1.165, 1.54) is 0 Å². The van der Waals surface area contributed by atoms with Crippen LogP contribution in [0.15, 0.2) is 28.7 Å². The number of carbonyl (C=O) groups is 1. The largest absolute Gasteiger partial charge is 0.480 e. The van der Waals surface area contributed by atoms with Crippen LogP contribution in [0.5, 0.6) is 0 Å². The molecule has 2 rings (SSSR count). The maximum Gasteiger partial charge on any atom is 0.329 e. The van der Waals surface area contributed by atoms with Gasteiger partial charge in [-0.15, -0.1) is 0 Å². The van der Waals surface area contributed by atoms with E-state index >= 15 is 0 Å². The van der Waals surface area contributed by atoms with Crippen molar-refractivity contribution in [3.63, 3.8) is 0 Å². The van der Waals surface area contributed by atoms with Gasteiger partial charge in [-0.05, 0) is 52.4 Å². The molecular formula is C12H14BrNO2S. The number of halogens is 1. The SMILES string of the molecule is O=C(O)C1(Nc2ccccc2Br)CCSCC1. The molecule has 0 amide bonds. The van der Waals surface area contributed by atoms with Crippen molar-refractivity contribution in [1.29, 1.82) is 0 Å². The topological polar surface area (TPSA) is 49.3 Å². The maximum absolute atomic E-state index is 11.5. The van der Waals surface area contributed by atoms with Gasteiger partial charge in [0.1, 0.15) is 5.54 Å². The van der Waals surface area contributed by atoms with Crippen LogP contribution in [-0.4, -0.2) is 28.1 Å². The molecule has 0 atom stereocenters. The van der Waals surface area contributed by atoms with Gasteiger partial charge in [-0.3, -0.25) is 0 Å². The average Bonchev–Trinajstić information content (AvgIpc) is 2.33. The Morgan fingerprint density at radius 1 is 1.35 bits per heavy atom. The van der Waals surface area contributed by atoms with Gasteiger partial charge in [-0.25, -0.2) is 4.79 Å². The second kappa shape index (κ2) is 5.31. The summed E-state index contributed by atoms with van der Waals surface area (Å²) in [5, 5.41) is 12.7. The molecule has 0 aliphatic carbocycles. The molecule has 1 heterocycles. The molecular weight excluding hydrogens is 302 g/mol. The maximum atomic E-state index is 11.5. The normalized spacial score (nSPS) is 18.6. The highest BCUT2D eigenvalue weighted by Crippen LogP contribution is 2.33. The molecule has 2 N–H and O–H groups in total. The summed E-state index contributed by atoms with van der Waals surface area (Å²) in [5.41, 5.74) is 0.0385. The van der Waals surface area contributed by atoms with Crippen LogP contribution in [0, 0.1) is 0 Å². The molecule has 5 heteroatoms. The highest BCUT2D eigenvalue weighted by molar-refractivity contribution is 9.10. The molecule has 0 unspecified atom stereocenters. The first-order valence-electron chi connectivity index (χ1n) is 5.48. The molecule has 17 heavy (non-hydrogen) atoms. The van der Waals surface area contributed by atoms with Gasteiger partial charge < -0.3 is 10.4 Å². The van der Waals surface area contributed by atoms with Crippen molar-refractivity contribution in [3.05, 3.63) is 28.7 Å². The van der Waals surface area contributed by atoms with Gasteiger partial charge in [0.2, 0.25) is 0 Å². The van der Waals surface area contributed by atoms with Crippen LogP contribution in [0.1, 0.15) is 12.8 Å². The number of carboxylic acids is 1. The van der Waals surface area contributed by atoms with Crippen LogP contribution in [0.25, 0.3) is 0 Å². The summed E-state index contributed by atoms with van der Waals surface area (Å²) >= 11 is 5.25. The monoisotopic (exact) mass is 315 g/mol. The number of hydrogen-bond acceptors (Lipinski definition) is 3. The predicted octanol–water partition coefficient (Wildman–Crippen LogP) is 3.21. The molecule has 1 aromatic carbocycles. The minimum Gasteiger partial charge on any atom is -0.480 e. The second-order valence-corrected chi connectivity index (χ2v) is 6.18. The standard InChI is InChI=1S/C12H14BrNO2S/c13-9-3-1-2-4-10(9)14-12(11(15)16)5-7-17-8-6-12/h1-4,14H,5-8H2,(H,15,16). The number of benzene rings is 1. The van der Waals surface area contributed by atoms with Crippen molar-refractivity contribution in [3.8, 4) is 0 Å². The first-order chi connectivity index (χ1) is 8.14. The Morgan fingerprint density at radius 2 is 2.00 bits per heavy atom. The van der Waals surface area contributed by atoms with E-state index in [4.69, 9.17) is 0 Å². The molecule has 1 aliphatic rings. The summed E-state index contributed by atoms with van der Waals surface area (Å²) < 4.78 is 0.902. The smallest absolute Gasteiger partial charge is 0.329 e. The lowest BCUT2D eigenvalue weighted by molar-refractivity contribution is -0.142. The van der Waals surface area contributed by atoms with Crippen molar-refractivity contribution < 1.29 is 9.90 Å². The molecule has 0 spiro atoms. The van der Waals surface area contributed by atoms with Gasteiger partial charge in [0.05, 0.1) is 0 Å². The fraction of sp³-hybridized carbons (Fsp3) is 0.417. The lowest BCUT2D eigenvalue weighted by atomic mass is 9.92. The van der Waals surface area contributed by atoms with E-state index in [-0.39, 0.29) is 0 Å². The third-order valence-electron chi connectivity index (χ3n) is 3.00. The lowest BCUT2D eigenvalue weighted by Crippen LogP contribution is -2.49. The Balaban J connectivity index is 2.24. The molecule has 1 fully saturated rings. The van der Waals surface area contributed by atoms with Crippen molar-refractivity contribution in [2.24, 2.45) is 0 Å². The Hall–Kier alpha value is -0.680. The number of aliphatic carboxylic acids is 1.